The molecule has 0 aromatic heterocycles. The number of alkyl halides is 3. The van der Waals surface area contributed by atoms with Crippen molar-refractivity contribution in [3.05, 3.63) is 0 Å². The van der Waals surface area contributed by atoms with E-state index >= 15 is 0 Å². The maximum Gasteiger partial charge on any atom is 0.417 e. The van der Waals surface area contributed by atoms with Crippen molar-refractivity contribution in [1.82, 2.24) is 0 Å². The van der Waals surface area contributed by atoms with E-state index in [1.54, 1.807) is 0 Å². The molecule has 0 aromatic rings. The molecule has 1 nitrogen and oxygen atoms in total. The molecule has 202 valence electrons. The first kappa shape index (κ1) is 26.4. The minimum absolute atomic E-state index is 0.0180. The lowest BCUT2D eigenvalue weighted by Crippen LogP contribution is -2.59. The summed E-state index contributed by atoms with van der Waals surface area (Å²) in [6, 6.07) is 0. The second kappa shape index (κ2) is 9.49. The Labute approximate surface area is 212 Å². The molecule has 5 saturated carbocycles. The highest BCUT2D eigenvalue weighted by molar-refractivity contribution is 5.11. The van der Waals surface area contributed by atoms with Gasteiger partial charge >= 0.3 is 6.18 Å². The molecule has 0 aliphatic heterocycles. The molecular weight excluding hydrogens is 445 g/mol. The lowest BCUT2D eigenvalue weighted by Gasteiger charge is -2.62. The third-order valence-corrected chi connectivity index (χ3v) is 13.0. The second-order valence-electron chi connectivity index (χ2n) is 14.5. The number of hydrogen-bond acceptors (Lipinski definition) is 1. The van der Waals surface area contributed by atoms with Gasteiger partial charge in [0.1, 0.15) is 0 Å². The zero-order valence-electron chi connectivity index (χ0n) is 22.6. The summed E-state index contributed by atoms with van der Waals surface area (Å²) in [4.78, 5) is 0. The van der Waals surface area contributed by atoms with Gasteiger partial charge in [-0.1, -0.05) is 72.1 Å². The zero-order chi connectivity index (χ0) is 25.1. The Morgan fingerprint density at radius 2 is 1.54 bits per heavy atom. The summed E-state index contributed by atoms with van der Waals surface area (Å²) in [5.74, 6) is 4.63. The van der Waals surface area contributed by atoms with Gasteiger partial charge in [-0.2, -0.15) is 13.2 Å². The van der Waals surface area contributed by atoms with Crippen molar-refractivity contribution in [2.24, 2.45) is 52.3 Å². The highest BCUT2D eigenvalue weighted by atomic mass is 19.4. The van der Waals surface area contributed by atoms with Crippen LogP contribution in [0.1, 0.15) is 130 Å². The molecule has 5 aliphatic carbocycles. The number of rotatable bonds is 5. The van der Waals surface area contributed by atoms with E-state index in [1.807, 2.05) is 0 Å². The maximum absolute atomic E-state index is 13.6. The Morgan fingerprint density at radius 1 is 0.829 bits per heavy atom. The van der Waals surface area contributed by atoms with Crippen molar-refractivity contribution in [2.45, 2.75) is 142 Å². The van der Waals surface area contributed by atoms with E-state index in [2.05, 4.69) is 20.8 Å². The van der Waals surface area contributed by atoms with Crippen molar-refractivity contribution in [3.63, 3.8) is 0 Å². The number of hydrogen-bond donors (Lipinski definition) is 1. The lowest BCUT2D eigenvalue weighted by molar-refractivity contribution is -0.290. The quantitative estimate of drug-likeness (QED) is 0.402. The lowest BCUT2D eigenvalue weighted by atomic mass is 9.43. The van der Waals surface area contributed by atoms with Gasteiger partial charge in [-0.3, -0.25) is 0 Å². The maximum atomic E-state index is 13.6. The first-order chi connectivity index (χ1) is 16.5. The highest BCUT2D eigenvalue weighted by Gasteiger charge is 2.65. The molecule has 0 heterocycles. The standard InChI is InChI=1S/C31H51F3O/c1-21(8-7-11-22-9-5-4-6-10-22)25-14-15-26-24-13-12-23-20-30(35,31(32,33)34)19-18-28(23,2)27(24)16-17-29(25,26)3/h21-27,35H,4-20H2,1-3H3/t21-,23+,24+,25-,26?,27+,28+,29-,30+/m1/s1. The summed E-state index contributed by atoms with van der Waals surface area (Å²) in [5.41, 5.74) is -2.06. The number of aliphatic hydroxyl groups is 1. The van der Waals surface area contributed by atoms with Gasteiger partial charge in [0.05, 0.1) is 0 Å². The normalized spacial score (nSPS) is 47.6. The van der Waals surface area contributed by atoms with E-state index in [0.29, 0.717) is 23.7 Å². The third-order valence-electron chi connectivity index (χ3n) is 13.0. The van der Waals surface area contributed by atoms with Gasteiger partial charge in [-0.15, -0.1) is 0 Å². The summed E-state index contributed by atoms with van der Waals surface area (Å²) in [5, 5.41) is 10.5. The highest BCUT2D eigenvalue weighted by Crippen LogP contribution is 2.69. The summed E-state index contributed by atoms with van der Waals surface area (Å²) < 4.78 is 40.9. The summed E-state index contributed by atoms with van der Waals surface area (Å²) in [6.45, 7) is 7.43. The molecule has 5 rings (SSSR count). The van der Waals surface area contributed by atoms with Crippen LogP contribution >= 0.6 is 0 Å². The van der Waals surface area contributed by atoms with Crippen LogP contribution in [0, 0.1) is 52.3 Å². The van der Waals surface area contributed by atoms with E-state index in [1.165, 1.54) is 77.0 Å². The zero-order valence-corrected chi connectivity index (χ0v) is 22.6. The first-order valence-electron chi connectivity index (χ1n) is 15.3. The minimum Gasteiger partial charge on any atom is -0.380 e. The van der Waals surface area contributed by atoms with Crippen molar-refractivity contribution in [2.75, 3.05) is 0 Å². The Hall–Kier alpha value is -0.250. The van der Waals surface area contributed by atoms with E-state index in [9.17, 15) is 18.3 Å². The van der Waals surface area contributed by atoms with Gasteiger partial charge in [0.25, 0.3) is 0 Å². The summed E-state index contributed by atoms with van der Waals surface area (Å²) in [6.07, 6.45) is 14.5. The molecule has 4 heteroatoms. The number of fused-ring (bicyclic) bond motifs is 5. The molecule has 0 bridgehead atoms. The van der Waals surface area contributed by atoms with Crippen LogP contribution < -0.4 is 0 Å². The second-order valence-corrected chi connectivity index (χ2v) is 14.5. The minimum atomic E-state index is -4.50. The Kier molecular flexibility index (Phi) is 7.15. The van der Waals surface area contributed by atoms with Crippen molar-refractivity contribution in [1.29, 1.82) is 0 Å². The van der Waals surface area contributed by atoms with Crippen molar-refractivity contribution < 1.29 is 18.3 Å². The Morgan fingerprint density at radius 3 is 2.26 bits per heavy atom. The molecule has 0 radical (unpaired) electrons. The average Bonchev–Trinajstić information content (AvgIpc) is 3.17. The van der Waals surface area contributed by atoms with Crippen LogP contribution in [0.5, 0.6) is 0 Å². The number of halogens is 3. The first-order valence-corrected chi connectivity index (χ1v) is 15.3. The van der Waals surface area contributed by atoms with Crippen molar-refractivity contribution >= 4 is 0 Å². The van der Waals surface area contributed by atoms with Crippen LogP contribution in [0.4, 0.5) is 13.2 Å². The van der Waals surface area contributed by atoms with Crippen molar-refractivity contribution in [3.8, 4) is 0 Å². The van der Waals surface area contributed by atoms with Crippen LogP contribution in [0.15, 0.2) is 0 Å². The van der Waals surface area contributed by atoms with Gasteiger partial charge in [-0.05, 0) is 110 Å². The largest absolute Gasteiger partial charge is 0.417 e. The summed E-state index contributed by atoms with van der Waals surface area (Å²) in [7, 11) is 0. The van der Waals surface area contributed by atoms with Gasteiger partial charge in [0.2, 0.25) is 0 Å². The van der Waals surface area contributed by atoms with Gasteiger partial charge in [0.15, 0.2) is 5.60 Å². The average molecular weight is 497 g/mol. The molecule has 5 aliphatic rings. The fourth-order valence-corrected chi connectivity index (χ4v) is 10.9. The molecule has 0 aromatic carbocycles. The van der Waals surface area contributed by atoms with Crippen LogP contribution in [0.2, 0.25) is 0 Å². The Bertz CT molecular complexity index is 744. The molecule has 0 spiro atoms. The SMILES string of the molecule is C[C@H](CCCC1CCCCC1)[C@H]1CCC2[C@@H]3CC[C@H]4C[C@](O)(C(F)(F)F)CC[C@]4(C)[C@H]3CC[C@@]21C. The van der Waals surface area contributed by atoms with Crippen LogP contribution in [-0.4, -0.2) is 16.9 Å². The van der Waals surface area contributed by atoms with Gasteiger partial charge < -0.3 is 5.11 Å². The van der Waals surface area contributed by atoms with Crippen LogP contribution in [0.25, 0.3) is 0 Å². The molecule has 35 heavy (non-hydrogen) atoms. The molecule has 0 amide bonds. The van der Waals surface area contributed by atoms with E-state index in [4.69, 9.17) is 0 Å². The summed E-state index contributed by atoms with van der Waals surface area (Å²) >= 11 is 0. The molecule has 0 saturated heterocycles. The molecular formula is C31H51F3O. The molecule has 1 unspecified atom stereocenters. The van der Waals surface area contributed by atoms with E-state index < -0.39 is 11.8 Å². The van der Waals surface area contributed by atoms with E-state index in [0.717, 1.165) is 36.5 Å². The smallest absolute Gasteiger partial charge is 0.380 e. The molecule has 9 atom stereocenters. The molecule has 5 fully saturated rings. The Balaban J connectivity index is 1.22. The van der Waals surface area contributed by atoms with Gasteiger partial charge in [0, 0.05) is 0 Å². The van der Waals surface area contributed by atoms with Crippen LogP contribution in [-0.2, 0) is 0 Å². The third kappa shape index (κ3) is 4.52. The fourth-order valence-electron chi connectivity index (χ4n) is 10.9. The van der Waals surface area contributed by atoms with E-state index in [-0.39, 0.29) is 24.2 Å². The monoisotopic (exact) mass is 496 g/mol. The van der Waals surface area contributed by atoms with Gasteiger partial charge in [-0.25, -0.2) is 0 Å². The van der Waals surface area contributed by atoms with Crippen LogP contribution in [0.3, 0.4) is 0 Å². The predicted octanol–water partition coefficient (Wildman–Crippen LogP) is 9.33. The topological polar surface area (TPSA) is 20.2 Å². The predicted molar refractivity (Wildman–Crippen MR) is 136 cm³/mol. The fraction of sp³-hybridized carbons (Fsp3) is 1.00. The molecule has 1 N–H and O–H groups in total.